The molecule has 0 aliphatic carbocycles. The van der Waals surface area contributed by atoms with E-state index in [0.29, 0.717) is 16.5 Å². The van der Waals surface area contributed by atoms with Crippen LogP contribution in [0.1, 0.15) is 13.8 Å². The third kappa shape index (κ3) is 3.89. The molecule has 1 atom stereocenters. The fraction of sp³-hybridized carbons (Fsp3) is 0.417. The van der Waals surface area contributed by atoms with Crippen LogP contribution in [0.2, 0.25) is 5.02 Å². The SMILES string of the molecule is COc1ccc(Cl)cc1NC(=O)C(Br)C(C)C. The third-order valence-corrected chi connectivity index (χ3v) is 3.96. The van der Waals surface area contributed by atoms with Crippen molar-refractivity contribution in [2.75, 3.05) is 12.4 Å². The van der Waals surface area contributed by atoms with Crippen molar-refractivity contribution in [1.29, 1.82) is 0 Å². The van der Waals surface area contributed by atoms with Gasteiger partial charge in [-0.15, -0.1) is 0 Å². The molecule has 0 aliphatic rings. The fourth-order valence-electron chi connectivity index (χ4n) is 1.28. The van der Waals surface area contributed by atoms with Gasteiger partial charge in [-0.3, -0.25) is 4.79 Å². The van der Waals surface area contributed by atoms with E-state index in [1.54, 1.807) is 25.3 Å². The number of hydrogen-bond donors (Lipinski definition) is 1. The molecule has 0 saturated carbocycles. The number of hydrogen-bond acceptors (Lipinski definition) is 2. The highest BCUT2D eigenvalue weighted by molar-refractivity contribution is 9.10. The van der Waals surface area contributed by atoms with Gasteiger partial charge in [0.25, 0.3) is 0 Å². The molecule has 1 aromatic rings. The molecule has 1 rings (SSSR count). The van der Waals surface area contributed by atoms with Crippen molar-refractivity contribution in [2.45, 2.75) is 18.7 Å². The monoisotopic (exact) mass is 319 g/mol. The molecule has 1 aromatic carbocycles. The van der Waals surface area contributed by atoms with Gasteiger partial charge in [-0.25, -0.2) is 0 Å². The van der Waals surface area contributed by atoms with Crippen LogP contribution in [-0.4, -0.2) is 17.8 Å². The lowest BCUT2D eigenvalue weighted by molar-refractivity contribution is -0.116. The second-order valence-corrected chi connectivity index (χ2v) is 5.40. The molecule has 17 heavy (non-hydrogen) atoms. The molecule has 3 nitrogen and oxygen atoms in total. The molecule has 0 fully saturated rings. The Hall–Kier alpha value is -0.740. The number of carbonyl (C=O) groups excluding carboxylic acids is 1. The number of ether oxygens (including phenoxy) is 1. The van der Waals surface area contributed by atoms with E-state index >= 15 is 0 Å². The van der Waals surface area contributed by atoms with E-state index in [1.165, 1.54) is 0 Å². The molecule has 0 heterocycles. The Morgan fingerprint density at radius 2 is 2.12 bits per heavy atom. The fourth-order valence-corrected chi connectivity index (χ4v) is 1.57. The Kier molecular flexibility index (Phi) is 5.28. The number of halogens is 2. The first-order chi connectivity index (χ1) is 7.95. The largest absolute Gasteiger partial charge is 0.495 e. The van der Waals surface area contributed by atoms with Gasteiger partial charge in [0, 0.05) is 5.02 Å². The van der Waals surface area contributed by atoms with E-state index in [2.05, 4.69) is 21.2 Å². The number of alkyl halides is 1. The maximum absolute atomic E-state index is 11.9. The maximum Gasteiger partial charge on any atom is 0.238 e. The van der Waals surface area contributed by atoms with E-state index in [0.717, 1.165) is 0 Å². The van der Waals surface area contributed by atoms with Crippen molar-refractivity contribution in [3.8, 4) is 5.75 Å². The summed E-state index contributed by atoms with van der Waals surface area (Å²) in [6.07, 6.45) is 0. The Labute approximate surface area is 115 Å². The summed E-state index contributed by atoms with van der Waals surface area (Å²) < 4.78 is 5.15. The predicted octanol–water partition coefficient (Wildman–Crippen LogP) is 3.71. The highest BCUT2D eigenvalue weighted by atomic mass is 79.9. The van der Waals surface area contributed by atoms with Crippen molar-refractivity contribution in [1.82, 2.24) is 0 Å². The highest BCUT2D eigenvalue weighted by Gasteiger charge is 2.19. The number of nitrogens with one attached hydrogen (secondary N) is 1. The lowest BCUT2D eigenvalue weighted by Gasteiger charge is -2.15. The summed E-state index contributed by atoms with van der Waals surface area (Å²) in [6.45, 7) is 3.93. The Balaban J connectivity index is 2.87. The minimum Gasteiger partial charge on any atom is -0.495 e. The van der Waals surface area contributed by atoms with Gasteiger partial charge >= 0.3 is 0 Å². The van der Waals surface area contributed by atoms with Crippen LogP contribution in [-0.2, 0) is 4.79 Å². The van der Waals surface area contributed by atoms with Crippen molar-refractivity contribution in [3.63, 3.8) is 0 Å². The van der Waals surface area contributed by atoms with Crippen molar-refractivity contribution in [2.24, 2.45) is 5.92 Å². The van der Waals surface area contributed by atoms with Crippen LogP contribution in [0.5, 0.6) is 5.75 Å². The number of benzene rings is 1. The molecule has 1 amide bonds. The summed E-state index contributed by atoms with van der Waals surface area (Å²) in [4.78, 5) is 11.6. The zero-order chi connectivity index (χ0) is 13.0. The molecule has 0 bridgehead atoms. The van der Waals surface area contributed by atoms with Crippen LogP contribution in [0, 0.1) is 5.92 Å². The molecular formula is C12H15BrClNO2. The van der Waals surface area contributed by atoms with E-state index in [9.17, 15) is 4.79 Å². The molecule has 1 unspecified atom stereocenters. The van der Waals surface area contributed by atoms with Gasteiger partial charge < -0.3 is 10.1 Å². The minimum absolute atomic E-state index is 0.111. The number of rotatable bonds is 4. The third-order valence-electron chi connectivity index (χ3n) is 2.26. The summed E-state index contributed by atoms with van der Waals surface area (Å²) in [6, 6.07) is 5.10. The smallest absolute Gasteiger partial charge is 0.238 e. The molecule has 94 valence electrons. The van der Waals surface area contributed by atoms with E-state index in [1.807, 2.05) is 13.8 Å². The Bertz CT molecular complexity index is 409. The maximum atomic E-state index is 11.9. The Morgan fingerprint density at radius 3 is 2.65 bits per heavy atom. The molecule has 0 aromatic heterocycles. The van der Waals surface area contributed by atoms with Crippen LogP contribution in [0.3, 0.4) is 0 Å². The second-order valence-electron chi connectivity index (χ2n) is 3.98. The van der Waals surface area contributed by atoms with Crippen LogP contribution < -0.4 is 10.1 Å². The minimum atomic E-state index is -0.244. The zero-order valence-electron chi connectivity index (χ0n) is 9.96. The number of methoxy groups -OCH3 is 1. The van der Waals surface area contributed by atoms with E-state index < -0.39 is 0 Å². The van der Waals surface area contributed by atoms with Gasteiger partial charge in [0.05, 0.1) is 17.6 Å². The molecule has 0 saturated heterocycles. The lowest BCUT2D eigenvalue weighted by Crippen LogP contribution is -2.27. The van der Waals surface area contributed by atoms with Crippen LogP contribution in [0.15, 0.2) is 18.2 Å². The molecule has 5 heteroatoms. The zero-order valence-corrected chi connectivity index (χ0v) is 12.3. The van der Waals surface area contributed by atoms with Crippen LogP contribution >= 0.6 is 27.5 Å². The molecule has 1 N–H and O–H groups in total. The lowest BCUT2D eigenvalue weighted by atomic mass is 10.1. The van der Waals surface area contributed by atoms with Crippen molar-refractivity contribution >= 4 is 39.1 Å². The molecule has 0 radical (unpaired) electrons. The van der Waals surface area contributed by atoms with Crippen LogP contribution in [0.25, 0.3) is 0 Å². The Morgan fingerprint density at radius 1 is 1.47 bits per heavy atom. The average molecular weight is 321 g/mol. The second kappa shape index (κ2) is 6.26. The number of anilines is 1. The highest BCUT2D eigenvalue weighted by Crippen LogP contribution is 2.28. The van der Waals surface area contributed by atoms with Crippen LogP contribution in [0.4, 0.5) is 5.69 Å². The first-order valence-corrected chi connectivity index (χ1v) is 6.53. The molecule has 0 aliphatic heterocycles. The van der Waals surface area contributed by atoms with Gasteiger partial charge in [-0.2, -0.15) is 0 Å². The van der Waals surface area contributed by atoms with Gasteiger partial charge in [0.15, 0.2) is 0 Å². The first kappa shape index (κ1) is 14.3. The quantitative estimate of drug-likeness (QED) is 0.859. The normalized spacial score (nSPS) is 12.4. The number of amides is 1. The van der Waals surface area contributed by atoms with Crippen molar-refractivity contribution < 1.29 is 9.53 Å². The first-order valence-electron chi connectivity index (χ1n) is 5.24. The van der Waals surface area contributed by atoms with Gasteiger partial charge in [0.1, 0.15) is 5.75 Å². The summed E-state index contributed by atoms with van der Waals surface area (Å²) in [5.74, 6) is 0.687. The molecular weight excluding hydrogens is 305 g/mol. The van der Waals surface area contributed by atoms with Gasteiger partial charge in [-0.05, 0) is 24.1 Å². The summed E-state index contributed by atoms with van der Waals surface area (Å²) in [5.41, 5.74) is 0.579. The molecule has 0 spiro atoms. The predicted molar refractivity (Wildman–Crippen MR) is 74.2 cm³/mol. The summed E-state index contributed by atoms with van der Waals surface area (Å²) in [7, 11) is 1.55. The average Bonchev–Trinajstić information content (AvgIpc) is 2.28. The topological polar surface area (TPSA) is 38.3 Å². The standard InChI is InChI=1S/C12H15BrClNO2/c1-7(2)11(13)12(16)15-9-6-8(14)4-5-10(9)17-3/h4-7,11H,1-3H3,(H,15,16). The van der Waals surface area contributed by atoms with E-state index in [-0.39, 0.29) is 16.7 Å². The van der Waals surface area contributed by atoms with E-state index in [4.69, 9.17) is 16.3 Å². The summed E-state index contributed by atoms with van der Waals surface area (Å²) in [5, 5.41) is 3.34. The van der Waals surface area contributed by atoms with Gasteiger partial charge in [0.2, 0.25) is 5.91 Å². The summed E-state index contributed by atoms with van der Waals surface area (Å²) >= 11 is 9.23. The van der Waals surface area contributed by atoms with Gasteiger partial charge in [-0.1, -0.05) is 41.4 Å². The number of carbonyl (C=O) groups is 1. The van der Waals surface area contributed by atoms with Crippen molar-refractivity contribution in [3.05, 3.63) is 23.2 Å².